The van der Waals surface area contributed by atoms with Crippen LogP contribution in [0.15, 0.2) is 29.8 Å². The van der Waals surface area contributed by atoms with Crippen LogP contribution < -0.4 is 5.32 Å². The summed E-state index contributed by atoms with van der Waals surface area (Å²) >= 11 is 1.57. The number of thiophene rings is 1. The molecule has 1 aliphatic rings. The van der Waals surface area contributed by atoms with Crippen molar-refractivity contribution >= 4 is 23.2 Å². The van der Waals surface area contributed by atoms with E-state index in [1.54, 1.807) is 34.2 Å². The molecule has 1 N–H and O–H groups in total. The molecule has 110 valence electrons. The number of likely N-dealkylation sites (N-methyl/N-ethyl adjacent to an activating group) is 1. The van der Waals surface area contributed by atoms with Crippen molar-refractivity contribution in [1.29, 1.82) is 0 Å². The highest BCUT2D eigenvalue weighted by molar-refractivity contribution is 7.10. The molecular weight excluding hydrogens is 288 g/mol. The van der Waals surface area contributed by atoms with E-state index in [0.29, 0.717) is 19.5 Å². The summed E-state index contributed by atoms with van der Waals surface area (Å²) in [5.74, 6) is -0.0904. The van der Waals surface area contributed by atoms with Gasteiger partial charge in [0, 0.05) is 18.1 Å². The Balaban J connectivity index is 1.79. The predicted octanol–water partition coefficient (Wildman–Crippen LogP) is 0.817. The number of carbonyl (C=O) groups excluding carboxylic acids is 2. The summed E-state index contributed by atoms with van der Waals surface area (Å²) in [4.78, 5) is 27.2. The topological polar surface area (TPSA) is 67.2 Å². The number of fused-ring (bicyclic) bond motifs is 1. The molecule has 1 atom stereocenters. The fourth-order valence-corrected chi connectivity index (χ4v) is 3.21. The van der Waals surface area contributed by atoms with E-state index in [0.717, 1.165) is 10.6 Å². The lowest BCUT2D eigenvalue weighted by Gasteiger charge is -2.33. The van der Waals surface area contributed by atoms with Crippen molar-refractivity contribution in [2.45, 2.75) is 19.0 Å². The molecule has 0 aliphatic carbocycles. The van der Waals surface area contributed by atoms with Crippen LogP contribution in [-0.4, -0.2) is 40.1 Å². The summed E-state index contributed by atoms with van der Waals surface area (Å²) < 4.78 is 1.70. The molecule has 0 saturated heterocycles. The van der Waals surface area contributed by atoms with Crippen molar-refractivity contribution in [2.24, 2.45) is 0 Å². The first-order valence-corrected chi connectivity index (χ1v) is 7.61. The maximum atomic E-state index is 12.4. The fraction of sp³-hybridized carbons (Fsp3) is 0.357. The third-order valence-electron chi connectivity index (χ3n) is 3.60. The smallest absolute Gasteiger partial charge is 0.246 e. The molecule has 2 amide bonds. The van der Waals surface area contributed by atoms with Crippen molar-refractivity contribution in [3.63, 3.8) is 0 Å². The first kappa shape index (κ1) is 13.8. The van der Waals surface area contributed by atoms with Gasteiger partial charge in [-0.05, 0) is 17.5 Å². The van der Waals surface area contributed by atoms with E-state index in [4.69, 9.17) is 0 Å². The summed E-state index contributed by atoms with van der Waals surface area (Å²) in [7, 11) is 1.60. The highest BCUT2D eigenvalue weighted by Crippen LogP contribution is 2.22. The Morgan fingerprint density at radius 2 is 2.33 bits per heavy atom. The number of nitrogens with one attached hydrogen (secondary N) is 1. The van der Waals surface area contributed by atoms with Gasteiger partial charge in [0.15, 0.2) is 0 Å². The largest absolute Gasteiger partial charge is 0.357 e. The molecule has 0 unspecified atom stereocenters. The number of nitrogens with zero attached hydrogens (tertiary/aromatic N) is 3. The molecule has 2 aromatic rings. The van der Waals surface area contributed by atoms with Crippen molar-refractivity contribution in [3.05, 3.63) is 40.3 Å². The summed E-state index contributed by atoms with van der Waals surface area (Å²) in [6.07, 6.45) is 2.05. The molecule has 0 fully saturated rings. The van der Waals surface area contributed by atoms with Gasteiger partial charge < -0.3 is 10.2 Å². The van der Waals surface area contributed by atoms with Crippen LogP contribution in [0.5, 0.6) is 0 Å². The van der Waals surface area contributed by atoms with Crippen LogP contribution in [0.4, 0.5) is 0 Å². The predicted molar refractivity (Wildman–Crippen MR) is 78.8 cm³/mol. The van der Waals surface area contributed by atoms with E-state index in [1.165, 1.54) is 0 Å². The molecule has 0 aromatic carbocycles. The zero-order valence-electron chi connectivity index (χ0n) is 11.7. The van der Waals surface area contributed by atoms with Crippen molar-refractivity contribution in [2.75, 3.05) is 13.6 Å². The second-order valence-corrected chi connectivity index (χ2v) is 5.96. The van der Waals surface area contributed by atoms with Gasteiger partial charge in [0.1, 0.15) is 6.04 Å². The summed E-state index contributed by atoms with van der Waals surface area (Å²) in [5, 5.41) is 8.79. The molecule has 0 spiro atoms. The minimum atomic E-state index is -0.457. The molecular formula is C14H16N4O2S. The molecule has 3 rings (SSSR count). The van der Waals surface area contributed by atoms with Gasteiger partial charge in [0.25, 0.3) is 0 Å². The first-order valence-electron chi connectivity index (χ1n) is 6.73. The monoisotopic (exact) mass is 304 g/mol. The Morgan fingerprint density at radius 3 is 3.05 bits per heavy atom. The summed E-state index contributed by atoms with van der Waals surface area (Å²) in [5.41, 5.74) is 0.884. The van der Waals surface area contributed by atoms with Crippen molar-refractivity contribution in [3.8, 4) is 0 Å². The van der Waals surface area contributed by atoms with E-state index < -0.39 is 6.04 Å². The number of hydrogen-bond acceptors (Lipinski definition) is 4. The molecule has 6 nitrogen and oxygen atoms in total. The Labute approximate surface area is 126 Å². The maximum Gasteiger partial charge on any atom is 0.246 e. The number of carbonyl (C=O) groups is 2. The number of hydrogen-bond donors (Lipinski definition) is 1. The lowest BCUT2D eigenvalue weighted by molar-refractivity contribution is -0.134. The van der Waals surface area contributed by atoms with E-state index in [1.807, 2.05) is 23.6 Å². The van der Waals surface area contributed by atoms with Gasteiger partial charge >= 0.3 is 0 Å². The summed E-state index contributed by atoms with van der Waals surface area (Å²) in [6, 6.07) is 5.28. The molecule has 3 heterocycles. The van der Waals surface area contributed by atoms with E-state index in [9.17, 15) is 9.59 Å². The van der Waals surface area contributed by atoms with Crippen LogP contribution in [0.2, 0.25) is 0 Å². The standard InChI is InChI=1S/C14H16N4O2S/c1-15-14(20)12-9-17(8-10-4-5-16-18(10)12)13(19)7-11-3-2-6-21-11/h2-6,12H,7-9H2,1H3,(H,15,20)/t12-/m0/s1. The number of aromatic nitrogens is 2. The molecule has 21 heavy (non-hydrogen) atoms. The summed E-state index contributed by atoms with van der Waals surface area (Å²) in [6.45, 7) is 0.857. The van der Waals surface area contributed by atoms with Gasteiger partial charge in [-0.1, -0.05) is 6.07 Å². The Kier molecular flexibility index (Phi) is 3.74. The Hall–Kier alpha value is -2.15. The number of rotatable bonds is 3. The zero-order valence-corrected chi connectivity index (χ0v) is 12.5. The average molecular weight is 304 g/mol. The second-order valence-electron chi connectivity index (χ2n) is 4.93. The Morgan fingerprint density at radius 1 is 1.48 bits per heavy atom. The normalized spacial score (nSPS) is 17.4. The molecule has 1 aliphatic heterocycles. The molecule has 0 saturated carbocycles. The van der Waals surface area contributed by atoms with Gasteiger partial charge in [-0.3, -0.25) is 14.3 Å². The van der Waals surface area contributed by atoms with Gasteiger partial charge in [-0.25, -0.2) is 0 Å². The van der Waals surface area contributed by atoms with Gasteiger partial charge in [0.2, 0.25) is 11.8 Å². The van der Waals surface area contributed by atoms with Crippen LogP contribution in [0.25, 0.3) is 0 Å². The highest BCUT2D eigenvalue weighted by Gasteiger charge is 2.32. The zero-order chi connectivity index (χ0) is 14.8. The SMILES string of the molecule is CNC(=O)[C@@H]1CN(C(=O)Cc2cccs2)Cc2ccnn21. The Bertz CT molecular complexity index is 650. The quantitative estimate of drug-likeness (QED) is 0.913. The van der Waals surface area contributed by atoms with E-state index in [2.05, 4.69) is 10.4 Å². The minimum absolute atomic E-state index is 0.0406. The lowest BCUT2D eigenvalue weighted by atomic mass is 10.1. The van der Waals surface area contributed by atoms with Crippen LogP contribution in [0, 0.1) is 0 Å². The van der Waals surface area contributed by atoms with Gasteiger partial charge in [-0.2, -0.15) is 5.10 Å². The molecule has 7 heteroatoms. The van der Waals surface area contributed by atoms with Gasteiger partial charge in [0.05, 0.1) is 25.2 Å². The van der Waals surface area contributed by atoms with Crippen LogP contribution in [0.3, 0.4) is 0 Å². The maximum absolute atomic E-state index is 12.4. The van der Waals surface area contributed by atoms with Crippen LogP contribution >= 0.6 is 11.3 Å². The third kappa shape index (κ3) is 2.69. The van der Waals surface area contributed by atoms with Crippen LogP contribution in [-0.2, 0) is 22.6 Å². The van der Waals surface area contributed by atoms with Gasteiger partial charge in [-0.15, -0.1) is 11.3 Å². The van der Waals surface area contributed by atoms with E-state index in [-0.39, 0.29) is 11.8 Å². The minimum Gasteiger partial charge on any atom is -0.357 e. The molecule has 2 aromatic heterocycles. The highest BCUT2D eigenvalue weighted by atomic mass is 32.1. The molecule has 0 radical (unpaired) electrons. The average Bonchev–Trinajstić information content (AvgIpc) is 3.15. The van der Waals surface area contributed by atoms with Crippen molar-refractivity contribution in [1.82, 2.24) is 20.0 Å². The molecule has 0 bridgehead atoms. The first-order chi connectivity index (χ1) is 10.2. The fourth-order valence-electron chi connectivity index (χ4n) is 2.52. The second kappa shape index (κ2) is 5.69. The number of amides is 2. The third-order valence-corrected chi connectivity index (χ3v) is 4.48. The van der Waals surface area contributed by atoms with Crippen LogP contribution in [0.1, 0.15) is 16.6 Å². The van der Waals surface area contributed by atoms with E-state index >= 15 is 0 Å². The lowest BCUT2D eigenvalue weighted by Crippen LogP contribution is -2.46. The van der Waals surface area contributed by atoms with Crippen molar-refractivity contribution < 1.29 is 9.59 Å².